The highest BCUT2D eigenvalue weighted by atomic mass is 16.5. The number of rotatable bonds is 3. The summed E-state index contributed by atoms with van der Waals surface area (Å²) in [5.41, 5.74) is 4.08. The van der Waals surface area contributed by atoms with Gasteiger partial charge in [-0.3, -0.25) is 0 Å². The molecule has 0 saturated heterocycles. The summed E-state index contributed by atoms with van der Waals surface area (Å²) >= 11 is 0. The fourth-order valence-corrected chi connectivity index (χ4v) is 3.04. The maximum atomic E-state index is 5.86. The van der Waals surface area contributed by atoms with E-state index in [4.69, 9.17) is 11.2 Å². The smallest absolute Gasteiger partial charge is 0.135 e. The van der Waals surface area contributed by atoms with Crippen LogP contribution in [-0.2, 0) is 10.8 Å². The van der Waals surface area contributed by atoms with E-state index in [-0.39, 0.29) is 10.8 Å². The molecule has 0 fully saturated rings. The molecular weight excluding hydrogens is 244 g/mol. The molecule has 0 aliphatic heterocycles. The summed E-state index contributed by atoms with van der Waals surface area (Å²) in [6.07, 6.45) is 9.08. The molecule has 1 aromatic rings. The Labute approximate surface area is 123 Å². The summed E-state index contributed by atoms with van der Waals surface area (Å²) in [4.78, 5) is 0. The Morgan fingerprint density at radius 2 is 1.65 bits per heavy atom. The summed E-state index contributed by atoms with van der Waals surface area (Å²) in [7, 11) is 0. The molecule has 0 heterocycles. The molecule has 0 bridgehead atoms. The number of terminal acetylenes is 1. The molecule has 0 saturated carbocycles. The van der Waals surface area contributed by atoms with Crippen molar-refractivity contribution in [2.24, 2.45) is 0 Å². The van der Waals surface area contributed by atoms with Crippen molar-refractivity contribution in [1.29, 1.82) is 0 Å². The molecule has 0 spiro atoms. The Kier molecular flexibility index (Phi) is 3.87. The zero-order valence-electron chi connectivity index (χ0n) is 13.5. The first kappa shape index (κ1) is 15.0. The topological polar surface area (TPSA) is 9.23 Å². The van der Waals surface area contributed by atoms with E-state index in [1.807, 2.05) is 0 Å². The van der Waals surface area contributed by atoms with E-state index in [2.05, 4.69) is 52.7 Å². The lowest BCUT2D eigenvalue weighted by Gasteiger charge is -2.42. The van der Waals surface area contributed by atoms with E-state index in [9.17, 15) is 0 Å². The number of hydrogen-bond acceptors (Lipinski definition) is 1. The van der Waals surface area contributed by atoms with Crippen LogP contribution in [0.1, 0.15) is 70.6 Å². The van der Waals surface area contributed by atoms with Crippen LogP contribution in [0.2, 0.25) is 0 Å². The Bertz CT molecular complexity index is 544. The minimum absolute atomic E-state index is 0.194. The van der Waals surface area contributed by atoms with E-state index < -0.39 is 0 Å². The Balaban J connectivity index is 2.59. The summed E-state index contributed by atoms with van der Waals surface area (Å²) in [6, 6.07) is 4.38. The fraction of sp³-hybridized carbons (Fsp3) is 0.579. The van der Waals surface area contributed by atoms with Crippen molar-refractivity contribution >= 4 is 0 Å². The molecule has 0 unspecified atom stereocenters. The van der Waals surface area contributed by atoms with E-state index >= 15 is 0 Å². The van der Waals surface area contributed by atoms with Gasteiger partial charge < -0.3 is 4.74 Å². The standard InChI is InChI=1S/C19H26O/c1-7-11-20-17-13-16-15(12-14(17)8-2)18(3,4)9-10-19(16,5)6/h2,12-13H,7,9-11H2,1,3-6H3. The molecule has 0 radical (unpaired) electrons. The first-order valence-corrected chi connectivity index (χ1v) is 7.60. The van der Waals surface area contributed by atoms with Gasteiger partial charge in [0.1, 0.15) is 5.75 Å². The molecule has 0 atom stereocenters. The summed E-state index contributed by atoms with van der Waals surface area (Å²) < 4.78 is 5.86. The molecule has 0 aromatic heterocycles. The Hall–Kier alpha value is -1.42. The van der Waals surface area contributed by atoms with Crippen LogP contribution in [0.3, 0.4) is 0 Å². The van der Waals surface area contributed by atoms with Gasteiger partial charge in [-0.15, -0.1) is 6.42 Å². The van der Waals surface area contributed by atoms with Crippen LogP contribution in [0.4, 0.5) is 0 Å². The van der Waals surface area contributed by atoms with Gasteiger partial charge in [0.2, 0.25) is 0 Å². The second kappa shape index (κ2) is 5.17. The molecular formula is C19H26O. The van der Waals surface area contributed by atoms with Crippen LogP contribution in [-0.4, -0.2) is 6.61 Å². The van der Waals surface area contributed by atoms with Crippen molar-refractivity contribution in [3.63, 3.8) is 0 Å². The molecule has 1 heteroatoms. The fourth-order valence-electron chi connectivity index (χ4n) is 3.04. The maximum Gasteiger partial charge on any atom is 0.135 e. The van der Waals surface area contributed by atoms with Crippen molar-refractivity contribution in [1.82, 2.24) is 0 Å². The van der Waals surface area contributed by atoms with Gasteiger partial charge in [0, 0.05) is 0 Å². The van der Waals surface area contributed by atoms with Gasteiger partial charge in [0.25, 0.3) is 0 Å². The maximum absolute atomic E-state index is 5.86. The normalized spacial score (nSPS) is 19.0. The first-order valence-electron chi connectivity index (χ1n) is 7.60. The molecule has 20 heavy (non-hydrogen) atoms. The SMILES string of the molecule is C#Cc1cc2c(cc1OCCC)C(C)(C)CCC2(C)C. The minimum Gasteiger partial charge on any atom is -0.492 e. The van der Waals surface area contributed by atoms with E-state index in [1.165, 1.54) is 24.0 Å². The molecule has 1 nitrogen and oxygen atoms in total. The van der Waals surface area contributed by atoms with Gasteiger partial charge in [-0.2, -0.15) is 0 Å². The van der Waals surface area contributed by atoms with Crippen molar-refractivity contribution in [3.05, 3.63) is 28.8 Å². The van der Waals surface area contributed by atoms with Gasteiger partial charge in [-0.25, -0.2) is 0 Å². The Morgan fingerprint density at radius 1 is 1.10 bits per heavy atom. The molecule has 1 aliphatic rings. The Morgan fingerprint density at radius 3 is 2.15 bits per heavy atom. The molecule has 108 valence electrons. The lowest BCUT2D eigenvalue weighted by atomic mass is 9.63. The van der Waals surface area contributed by atoms with Gasteiger partial charge in [0.05, 0.1) is 12.2 Å². The third-order valence-corrected chi connectivity index (χ3v) is 4.57. The summed E-state index contributed by atoms with van der Waals surface area (Å²) in [5.74, 6) is 3.67. The highest BCUT2D eigenvalue weighted by Gasteiger charge is 2.37. The minimum atomic E-state index is 0.194. The van der Waals surface area contributed by atoms with Crippen LogP contribution in [0.15, 0.2) is 12.1 Å². The molecule has 1 aliphatic carbocycles. The van der Waals surface area contributed by atoms with Crippen LogP contribution in [0.25, 0.3) is 0 Å². The monoisotopic (exact) mass is 270 g/mol. The average molecular weight is 270 g/mol. The van der Waals surface area contributed by atoms with Crippen molar-refractivity contribution in [3.8, 4) is 18.1 Å². The lowest BCUT2D eigenvalue weighted by Crippen LogP contribution is -2.34. The van der Waals surface area contributed by atoms with Crippen molar-refractivity contribution in [2.75, 3.05) is 6.61 Å². The quantitative estimate of drug-likeness (QED) is 0.716. The van der Waals surface area contributed by atoms with E-state index in [1.54, 1.807) is 0 Å². The van der Waals surface area contributed by atoms with Crippen LogP contribution >= 0.6 is 0 Å². The van der Waals surface area contributed by atoms with Crippen molar-refractivity contribution < 1.29 is 4.74 Å². The molecule has 2 rings (SSSR count). The summed E-state index contributed by atoms with van der Waals surface area (Å²) in [6.45, 7) is 12.1. The van der Waals surface area contributed by atoms with Crippen LogP contribution in [0.5, 0.6) is 5.75 Å². The third kappa shape index (κ3) is 2.57. The third-order valence-electron chi connectivity index (χ3n) is 4.57. The number of hydrogen-bond donors (Lipinski definition) is 0. The van der Waals surface area contributed by atoms with Gasteiger partial charge in [-0.05, 0) is 53.4 Å². The largest absolute Gasteiger partial charge is 0.492 e. The molecule has 0 N–H and O–H groups in total. The predicted octanol–water partition coefficient (Wildman–Crippen LogP) is 4.81. The van der Waals surface area contributed by atoms with Crippen LogP contribution < -0.4 is 4.74 Å². The second-order valence-corrected chi connectivity index (χ2v) is 7.15. The van der Waals surface area contributed by atoms with Gasteiger partial charge in [0.15, 0.2) is 0 Å². The molecule has 1 aromatic carbocycles. The number of ether oxygens (including phenoxy) is 1. The van der Waals surface area contributed by atoms with Gasteiger partial charge >= 0.3 is 0 Å². The highest BCUT2D eigenvalue weighted by Crippen LogP contribution is 2.47. The number of fused-ring (bicyclic) bond motifs is 1. The zero-order valence-corrected chi connectivity index (χ0v) is 13.5. The van der Waals surface area contributed by atoms with E-state index in [0.29, 0.717) is 0 Å². The lowest BCUT2D eigenvalue weighted by molar-refractivity contribution is 0.306. The van der Waals surface area contributed by atoms with E-state index in [0.717, 1.165) is 24.3 Å². The second-order valence-electron chi connectivity index (χ2n) is 7.15. The average Bonchev–Trinajstić information content (AvgIpc) is 2.41. The number of benzene rings is 1. The van der Waals surface area contributed by atoms with Crippen LogP contribution in [0, 0.1) is 12.3 Å². The first-order chi connectivity index (χ1) is 9.31. The molecule has 0 amide bonds. The highest BCUT2D eigenvalue weighted by molar-refractivity contribution is 5.55. The summed E-state index contributed by atoms with van der Waals surface area (Å²) in [5, 5.41) is 0. The van der Waals surface area contributed by atoms with Crippen molar-refractivity contribution in [2.45, 2.75) is 64.7 Å². The van der Waals surface area contributed by atoms with Gasteiger partial charge in [-0.1, -0.05) is 40.5 Å². The predicted molar refractivity (Wildman–Crippen MR) is 85.4 cm³/mol. The zero-order chi connectivity index (χ0) is 15.0.